The second-order valence-electron chi connectivity index (χ2n) is 3.75. The summed E-state index contributed by atoms with van der Waals surface area (Å²) in [6.45, 7) is 8.31. The van der Waals surface area contributed by atoms with E-state index in [1.165, 1.54) is 0 Å². The van der Waals surface area contributed by atoms with Crippen molar-refractivity contribution in [2.24, 2.45) is 0 Å². The summed E-state index contributed by atoms with van der Waals surface area (Å²) in [7, 11) is 1.60. The van der Waals surface area contributed by atoms with E-state index >= 15 is 0 Å². The summed E-state index contributed by atoms with van der Waals surface area (Å²) in [5.74, 6) is -0.0567. The van der Waals surface area contributed by atoms with Crippen LogP contribution >= 0.6 is 0 Å². The molecule has 6 heteroatoms. The third-order valence-corrected chi connectivity index (χ3v) is 2.29. The molecule has 1 amide bonds. The predicted molar refractivity (Wildman–Crippen MR) is 69.4 cm³/mol. The van der Waals surface area contributed by atoms with E-state index < -0.39 is 0 Å². The molecule has 0 aliphatic heterocycles. The van der Waals surface area contributed by atoms with Crippen LogP contribution in [0.3, 0.4) is 0 Å². The molecule has 2 N–H and O–H groups in total. The third-order valence-electron chi connectivity index (χ3n) is 2.29. The lowest BCUT2D eigenvalue weighted by Crippen LogP contribution is -2.46. The number of hydrogen-bond acceptors (Lipinski definition) is 5. The summed E-state index contributed by atoms with van der Waals surface area (Å²) in [6.07, 6.45) is -0.311. The van der Waals surface area contributed by atoms with E-state index in [9.17, 15) is 4.79 Å². The van der Waals surface area contributed by atoms with E-state index in [4.69, 9.17) is 14.2 Å². The fourth-order valence-electron chi connectivity index (χ4n) is 1.33. The van der Waals surface area contributed by atoms with Crippen molar-refractivity contribution in [2.45, 2.75) is 33.1 Å². The molecule has 1 atom stereocenters. The Morgan fingerprint density at radius 1 is 1.22 bits per heavy atom. The van der Waals surface area contributed by atoms with Crippen LogP contribution in [0.4, 0.5) is 0 Å². The zero-order valence-electron chi connectivity index (χ0n) is 11.8. The van der Waals surface area contributed by atoms with Crippen molar-refractivity contribution in [3.63, 3.8) is 0 Å². The SMILES string of the molecule is CCOC(CNC(C)C(=O)NCCOC)OCC. The molecule has 0 aliphatic rings. The van der Waals surface area contributed by atoms with E-state index in [-0.39, 0.29) is 18.2 Å². The van der Waals surface area contributed by atoms with Crippen molar-refractivity contribution in [3.05, 3.63) is 0 Å². The van der Waals surface area contributed by atoms with Gasteiger partial charge in [-0.1, -0.05) is 0 Å². The van der Waals surface area contributed by atoms with Crippen molar-refractivity contribution in [1.82, 2.24) is 10.6 Å². The predicted octanol–water partition coefficient (Wildman–Crippen LogP) is 0.126. The normalized spacial score (nSPS) is 12.7. The average molecular weight is 262 g/mol. The molecule has 0 rings (SSSR count). The molecule has 0 saturated carbocycles. The summed E-state index contributed by atoms with van der Waals surface area (Å²) in [5.41, 5.74) is 0. The Kier molecular flexibility index (Phi) is 11.0. The summed E-state index contributed by atoms with van der Waals surface area (Å²) in [4.78, 5) is 11.6. The highest BCUT2D eigenvalue weighted by molar-refractivity contribution is 5.81. The Hall–Kier alpha value is -0.690. The summed E-state index contributed by atoms with van der Waals surface area (Å²) >= 11 is 0. The fourth-order valence-corrected chi connectivity index (χ4v) is 1.33. The van der Waals surface area contributed by atoms with Gasteiger partial charge in [0.25, 0.3) is 0 Å². The Morgan fingerprint density at radius 3 is 2.33 bits per heavy atom. The lowest BCUT2D eigenvalue weighted by Gasteiger charge is -2.20. The van der Waals surface area contributed by atoms with Crippen LogP contribution in [0.15, 0.2) is 0 Å². The van der Waals surface area contributed by atoms with Crippen molar-refractivity contribution in [3.8, 4) is 0 Å². The monoisotopic (exact) mass is 262 g/mol. The van der Waals surface area contributed by atoms with Crippen LogP contribution in [0.25, 0.3) is 0 Å². The van der Waals surface area contributed by atoms with Crippen LogP contribution < -0.4 is 10.6 Å². The first-order chi connectivity index (χ1) is 8.65. The van der Waals surface area contributed by atoms with Gasteiger partial charge >= 0.3 is 0 Å². The maximum atomic E-state index is 11.6. The number of rotatable bonds is 11. The lowest BCUT2D eigenvalue weighted by atomic mass is 10.3. The Morgan fingerprint density at radius 2 is 1.83 bits per heavy atom. The minimum Gasteiger partial charge on any atom is -0.383 e. The standard InChI is InChI=1S/C12H26N2O4/c1-5-17-11(18-6-2)9-14-10(3)12(15)13-7-8-16-4/h10-11,14H,5-9H2,1-4H3,(H,13,15). The topological polar surface area (TPSA) is 68.8 Å². The number of hydrogen-bond donors (Lipinski definition) is 2. The Bertz CT molecular complexity index is 208. The minimum absolute atomic E-state index is 0.0567. The summed E-state index contributed by atoms with van der Waals surface area (Å²) in [5, 5.41) is 5.84. The number of ether oxygens (including phenoxy) is 3. The molecule has 0 aromatic heterocycles. The maximum absolute atomic E-state index is 11.6. The molecule has 18 heavy (non-hydrogen) atoms. The quantitative estimate of drug-likeness (QED) is 0.409. The molecule has 0 radical (unpaired) electrons. The van der Waals surface area contributed by atoms with Crippen LogP contribution in [0, 0.1) is 0 Å². The number of amides is 1. The van der Waals surface area contributed by atoms with Crippen molar-refractivity contribution in [2.75, 3.05) is 40.0 Å². The zero-order chi connectivity index (χ0) is 13.8. The Balaban J connectivity index is 3.83. The first-order valence-electron chi connectivity index (χ1n) is 6.38. The van der Waals surface area contributed by atoms with Crippen LogP contribution in [0.2, 0.25) is 0 Å². The average Bonchev–Trinajstić information content (AvgIpc) is 2.36. The van der Waals surface area contributed by atoms with Crippen LogP contribution in [0.5, 0.6) is 0 Å². The molecule has 0 fully saturated rings. The second-order valence-corrected chi connectivity index (χ2v) is 3.75. The zero-order valence-corrected chi connectivity index (χ0v) is 11.8. The highest BCUT2D eigenvalue weighted by Gasteiger charge is 2.14. The van der Waals surface area contributed by atoms with Crippen molar-refractivity contribution < 1.29 is 19.0 Å². The number of carbonyl (C=O) groups excluding carboxylic acids is 1. The third kappa shape index (κ3) is 8.41. The van der Waals surface area contributed by atoms with Gasteiger partial charge in [0.15, 0.2) is 6.29 Å². The lowest BCUT2D eigenvalue weighted by molar-refractivity contribution is -0.136. The smallest absolute Gasteiger partial charge is 0.236 e. The van der Waals surface area contributed by atoms with Crippen molar-refractivity contribution >= 4 is 5.91 Å². The van der Waals surface area contributed by atoms with Crippen LogP contribution in [0.1, 0.15) is 20.8 Å². The molecular weight excluding hydrogens is 236 g/mol. The largest absolute Gasteiger partial charge is 0.383 e. The van der Waals surface area contributed by atoms with E-state index in [0.29, 0.717) is 32.9 Å². The van der Waals surface area contributed by atoms with Gasteiger partial charge in [-0.3, -0.25) is 4.79 Å². The van der Waals surface area contributed by atoms with E-state index in [1.807, 2.05) is 13.8 Å². The van der Waals surface area contributed by atoms with Gasteiger partial charge < -0.3 is 24.8 Å². The first kappa shape index (κ1) is 17.3. The number of methoxy groups -OCH3 is 1. The molecule has 0 saturated heterocycles. The van der Waals surface area contributed by atoms with Gasteiger partial charge in [-0.05, 0) is 20.8 Å². The molecule has 0 aliphatic carbocycles. The van der Waals surface area contributed by atoms with Crippen LogP contribution in [-0.2, 0) is 19.0 Å². The van der Waals surface area contributed by atoms with Crippen molar-refractivity contribution in [1.29, 1.82) is 0 Å². The van der Waals surface area contributed by atoms with Gasteiger partial charge in [0.05, 0.1) is 12.6 Å². The molecule has 6 nitrogen and oxygen atoms in total. The number of carbonyl (C=O) groups is 1. The van der Waals surface area contributed by atoms with E-state index in [0.717, 1.165) is 0 Å². The molecule has 0 heterocycles. The molecule has 108 valence electrons. The van der Waals surface area contributed by atoms with Gasteiger partial charge in [-0.15, -0.1) is 0 Å². The maximum Gasteiger partial charge on any atom is 0.236 e. The minimum atomic E-state index is -0.311. The van der Waals surface area contributed by atoms with E-state index in [2.05, 4.69) is 10.6 Å². The molecular formula is C12H26N2O4. The molecule has 0 bridgehead atoms. The molecule has 0 spiro atoms. The van der Waals surface area contributed by atoms with Gasteiger partial charge in [0, 0.05) is 33.4 Å². The van der Waals surface area contributed by atoms with Gasteiger partial charge in [0.2, 0.25) is 5.91 Å². The van der Waals surface area contributed by atoms with Gasteiger partial charge in [0.1, 0.15) is 0 Å². The Labute approximate surface area is 109 Å². The highest BCUT2D eigenvalue weighted by atomic mass is 16.7. The number of nitrogens with one attached hydrogen (secondary N) is 2. The molecule has 1 unspecified atom stereocenters. The highest BCUT2D eigenvalue weighted by Crippen LogP contribution is 1.94. The second kappa shape index (κ2) is 11.4. The summed E-state index contributed by atoms with van der Waals surface area (Å²) < 4.78 is 15.6. The van der Waals surface area contributed by atoms with E-state index in [1.54, 1.807) is 14.0 Å². The molecule has 0 aromatic rings. The van der Waals surface area contributed by atoms with Crippen LogP contribution in [-0.4, -0.2) is 58.3 Å². The fraction of sp³-hybridized carbons (Fsp3) is 0.917. The first-order valence-corrected chi connectivity index (χ1v) is 6.38. The summed E-state index contributed by atoms with van der Waals surface area (Å²) in [6, 6.07) is -0.287. The van der Waals surface area contributed by atoms with Gasteiger partial charge in [-0.2, -0.15) is 0 Å². The molecule has 0 aromatic carbocycles. The van der Waals surface area contributed by atoms with Gasteiger partial charge in [-0.25, -0.2) is 0 Å².